The van der Waals surface area contributed by atoms with Crippen molar-refractivity contribution >= 4 is 51.7 Å². The highest BCUT2D eigenvalue weighted by Crippen LogP contribution is 2.33. The smallest absolute Gasteiger partial charge is 0.267 e. The number of thiocarbonyl (C=S) groups is 1. The molecule has 1 saturated heterocycles. The number of aryl methyl sites for hydroxylation is 1. The average molecular weight is 433 g/mol. The second-order valence-electron chi connectivity index (χ2n) is 6.75. The number of hydrogen-bond acceptors (Lipinski definition) is 7. The average Bonchev–Trinajstić information content (AvgIpc) is 2.97. The van der Waals surface area contributed by atoms with Gasteiger partial charge in [-0.05, 0) is 31.1 Å². The van der Waals surface area contributed by atoms with Crippen molar-refractivity contribution in [3.8, 4) is 0 Å². The van der Waals surface area contributed by atoms with Gasteiger partial charge < -0.3 is 10.4 Å². The first-order chi connectivity index (χ1) is 14.0. The topological polar surface area (TPSA) is 86.9 Å². The highest BCUT2D eigenvalue weighted by molar-refractivity contribution is 8.26. The van der Waals surface area contributed by atoms with E-state index in [1.165, 1.54) is 16.2 Å². The Bertz CT molecular complexity index is 1030. The molecule has 0 bridgehead atoms. The Balaban J connectivity index is 2.04. The molecular weight excluding hydrogens is 408 g/mol. The Morgan fingerprint density at radius 1 is 1.34 bits per heavy atom. The Labute approximate surface area is 178 Å². The number of amides is 1. The summed E-state index contributed by atoms with van der Waals surface area (Å²) in [6, 6.07) is 3.65. The summed E-state index contributed by atoms with van der Waals surface area (Å²) in [4.78, 5) is 32.5. The number of carbonyl (C=O) groups excluding carboxylic acids is 1. The minimum absolute atomic E-state index is 0.103. The van der Waals surface area contributed by atoms with Crippen LogP contribution in [0.1, 0.15) is 37.3 Å². The molecule has 1 amide bonds. The molecule has 1 aliphatic rings. The third kappa shape index (κ3) is 4.52. The molecule has 1 fully saturated rings. The van der Waals surface area contributed by atoms with Crippen molar-refractivity contribution in [2.24, 2.45) is 0 Å². The molecule has 3 rings (SSSR count). The molecule has 154 valence electrons. The molecule has 9 heteroatoms. The number of pyridine rings is 1. The molecule has 0 spiro atoms. The van der Waals surface area contributed by atoms with Crippen LogP contribution in [0.4, 0.5) is 5.82 Å². The summed E-state index contributed by atoms with van der Waals surface area (Å²) in [7, 11) is 0. The summed E-state index contributed by atoms with van der Waals surface area (Å²) in [6.45, 7) is 4.70. The van der Waals surface area contributed by atoms with Crippen molar-refractivity contribution < 1.29 is 9.90 Å². The molecule has 0 atom stereocenters. The van der Waals surface area contributed by atoms with E-state index < -0.39 is 0 Å². The van der Waals surface area contributed by atoms with E-state index in [1.807, 2.05) is 13.0 Å². The molecule has 0 unspecified atom stereocenters. The van der Waals surface area contributed by atoms with Gasteiger partial charge in [-0.2, -0.15) is 0 Å². The zero-order chi connectivity index (χ0) is 21.0. The molecule has 7 nitrogen and oxygen atoms in total. The lowest BCUT2D eigenvalue weighted by atomic mass is 10.2. The van der Waals surface area contributed by atoms with Gasteiger partial charge in [-0.15, -0.1) is 0 Å². The van der Waals surface area contributed by atoms with Crippen LogP contribution in [0.25, 0.3) is 11.7 Å². The van der Waals surface area contributed by atoms with Gasteiger partial charge in [0, 0.05) is 19.3 Å². The second-order valence-corrected chi connectivity index (χ2v) is 8.43. The SMILES string of the molecule is CCCCCN1C(=O)/C(=C\c2c(NCCO)nc3c(C)cccn3c2=O)SC1=S. The van der Waals surface area contributed by atoms with Crippen LogP contribution >= 0.6 is 24.0 Å². The fourth-order valence-electron chi connectivity index (χ4n) is 3.09. The summed E-state index contributed by atoms with van der Waals surface area (Å²) in [5.41, 5.74) is 1.37. The number of nitrogens with one attached hydrogen (secondary N) is 1. The number of aromatic nitrogens is 2. The standard InChI is InChI=1S/C20H24N4O3S2/c1-3-4-5-9-24-19(27)15(29-20(24)28)12-14-16(21-8-11-25)22-17-13(2)7-6-10-23(17)18(14)26/h6-7,10,12,21,25H,3-5,8-9,11H2,1-2H3/b15-12+. The Morgan fingerprint density at radius 2 is 2.14 bits per heavy atom. The molecule has 2 N–H and O–H groups in total. The van der Waals surface area contributed by atoms with E-state index in [4.69, 9.17) is 12.2 Å². The Hall–Kier alpha value is -2.23. The third-order valence-corrected chi connectivity index (χ3v) is 6.00. The number of hydrogen-bond donors (Lipinski definition) is 2. The van der Waals surface area contributed by atoms with Crippen molar-refractivity contribution in [3.63, 3.8) is 0 Å². The second kappa shape index (κ2) is 9.51. The number of thioether (sulfide) groups is 1. The first-order valence-corrected chi connectivity index (χ1v) is 10.8. The van der Waals surface area contributed by atoms with E-state index in [1.54, 1.807) is 23.2 Å². The molecule has 0 aromatic carbocycles. The van der Waals surface area contributed by atoms with Crippen LogP contribution in [-0.4, -0.2) is 49.3 Å². The molecule has 0 saturated carbocycles. The van der Waals surface area contributed by atoms with Crippen LogP contribution in [0.15, 0.2) is 28.0 Å². The maximum absolute atomic E-state index is 13.1. The molecule has 1 aliphatic heterocycles. The van der Waals surface area contributed by atoms with Crippen LogP contribution in [-0.2, 0) is 4.79 Å². The van der Waals surface area contributed by atoms with Crippen molar-refractivity contribution in [1.29, 1.82) is 0 Å². The lowest BCUT2D eigenvalue weighted by Gasteiger charge is -2.13. The number of rotatable bonds is 8. The molecule has 0 radical (unpaired) electrons. The zero-order valence-corrected chi connectivity index (χ0v) is 18.1. The first kappa shape index (κ1) is 21.5. The lowest BCUT2D eigenvalue weighted by molar-refractivity contribution is -0.122. The summed E-state index contributed by atoms with van der Waals surface area (Å²) < 4.78 is 1.97. The van der Waals surface area contributed by atoms with Crippen LogP contribution in [0, 0.1) is 6.92 Å². The van der Waals surface area contributed by atoms with Gasteiger partial charge in [0.1, 0.15) is 15.8 Å². The van der Waals surface area contributed by atoms with E-state index in [0.29, 0.717) is 27.2 Å². The summed E-state index contributed by atoms with van der Waals surface area (Å²) in [6.07, 6.45) is 6.19. The normalized spacial score (nSPS) is 15.7. The number of aliphatic hydroxyl groups is 1. The van der Waals surface area contributed by atoms with Crippen LogP contribution in [0.2, 0.25) is 0 Å². The molecule has 2 aromatic heterocycles. The van der Waals surface area contributed by atoms with Crippen LogP contribution in [0.3, 0.4) is 0 Å². The number of unbranched alkanes of at least 4 members (excludes halogenated alkanes) is 2. The van der Waals surface area contributed by atoms with Crippen LogP contribution < -0.4 is 10.9 Å². The van der Waals surface area contributed by atoms with E-state index in [-0.39, 0.29) is 30.2 Å². The molecule has 3 heterocycles. The lowest BCUT2D eigenvalue weighted by Crippen LogP contribution is -2.29. The van der Waals surface area contributed by atoms with E-state index in [0.717, 1.165) is 24.8 Å². The van der Waals surface area contributed by atoms with Crippen LogP contribution in [0.5, 0.6) is 0 Å². The van der Waals surface area contributed by atoms with Crippen molar-refractivity contribution in [1.82, 2.24) is 14.3 Å². The van der Waals surface area contributed by atoms with Gasteiger partial charge in [-0.25, -0.2) is 4.98 Å². The number of fused-ring (bicyclic) bond motifs is 1. The molecular formula is C20H24N4O3S2. The zero-order valence-electron chi connectivity index (χ0n) is 16.5. The number of carbonyl (C=O) groups is 1. The van der Waals surface area contributed by atoms with E-state index in [2.05, 4.69) is 17.2 Å². The summed E-state index contributed by atoms with van der Waals surface area (Å²) in [5, 5.41) is 12.2. The van der Waals surface area contributed by atoms with Gasteiger partial charge in [0.25, 0.3) is 11.5 Å². The number of nitrogens with zero attached hydrogens (tertiary/aromatic N) is 3. The fourth-order valence-corrected chi connectivity index (χ4v) is 4.38. The van der Waals surface area contributed by atoms with Crippen molar-refractivity contribution in [2.75, 3.05) is 25.0 Å². The highest BCUT2D eigenvalue weighted by atomic mass is 32.2. The highest BCUT2D eigenvalue weighted by Gasteiger charge is 2.32. The van der Waals surface area contributed by atoms with Gasteiger partial charge in [0.15, 0.2) is 0 Å². The summed E-state index contributed by atoms with van der Waals surface area (Å²) >= 11 is 6.57. The van der Waals surface area contributed by atoms with Gasteiger partial charge in [-0.3, -0.25) is 18.9 Å². The number of anilines is 1. The minimum Gasteiger partial charge on any atom is -0.395 e. The van der Waals surface area contributed by atoms with Crippen molar-refractivity contribution in [3.05, 3.63) is 44.7 Å². The van der Waals surface area contributed by atoms with Gasteiger partial charge in [0.2, 0.25) is 0 Å². The molecule has 29 heavy (non-hydrogen) atoms. The fraction of sp³-hybridized carbons (Fsp3) is 0.400. The monoisotopic (exact) mass is 432 g/mol. The minimum atomic E-state index is -0.282. The van der Waals surface area contributed by atoms with Crippen molar-refractivity contribution in [2.45, 2.75) is 33.1 Å². The first-order valence-electron chi connectivity index (χ1n) is 9.60. The third-order valence-electron chi connectivity index (χ3n) is 4.62. The predicted molar refractivity (Wildman–Crippen MR) is 121 cm³/mol. The molecule has 2 aromatic rings. The maximum Gasteiger partial charge on any atom is 0.267 e. The maximum atomic E-state index is 13.1. The van der Waals surface area contributed by atoms with Gasteiger partial charge >= 0.3 is 0 Å². The number of aliphatic hydroxyl groups excluding tert-OH is 1. The van der Waals surface area contributed by atoms with Gasteiger partial charge in [0.05, 0.1) is 17.1 Å². The Morgan fingerprint density at radius 3 is 2.86 bits per heavy atom. The quantitative estimate of drug-likeness (QED) is 0.377. The van der Waals surface area contributed by atoms with Gasteiger partial charge in [-0.1, -0.05) is 49.8 Å². The Kier molecular flexibility index (Phi) is 7.05. The predicted octanol–water partition coefficient (Wildman–Crippen LogP) is 2.80. The van der Waals surface area contributed by atoms with E-state index >= 15 is 0 Å². The van der Waals surface area contributed by atoms with E-state index in [9.17, 15) is 14.7 Å². The summed E-state index contributed by atoms with van der Waals surface area (Å²) in [5.74, 6) is 0.160. The largest absolute Gasteiger partial charge is 0.395 e. The molecule has 0 aliphatic carbocycles.